The lowest BCUT2D eigenvalue weighted by Crippen LogP contribution is -1.94. The van der Waals surface area contributed by atoms with Crippen LogP contribution in [-0.2, 0) is 0 Å². The van der Waals surface area contributed by atoms with E-state index in [-0.39, 0.29) is 5.75 Å². The molecule has 0 aromatic heterocycles. The Morgan fingerprint density at radius 3 is 2.50 bits per heavy atom. The van der Waals surface area contributed by atoms with Gasteiger partial charge in [-0.3, -0.25) is 4.99 Å². The molecule has 2 rings (SSSR count). The molecule has 0 saturated heterocycles. The number of phenolic OH excluding ortho intramolecular Hbond substituents is 1. The molecule has 0 spiro atoms. The van der Waals surface area contributed by atoms with Crippen molar-refractivity contribution in [1.29, 1.82) is 0 Å². The van der Waals surface area contributed by atoms with Gasteiger partial charge in [-0.15, -0.1) is 0 Å². The highest BCUT2D eigenvalue weighted by atomic mass is 16.5. The van der Waals surface area contributed by atoms with Crippen LogP contribution in [-0.4, -0.2) is 32.1 Å². The first-order valence-electron chi connectivity index (χ1n) is 6.90. The molecule has 0 bridgehead atoms. The third-order valence-corrected chi connectivity index (χ3v) is 3.05. The molecule has 5 nitrogen and oxygen atoms in total. The minimum absolute atomic E-state index is 0.0617. The van der Waals surface area contributed by atoms with E-state index in [1.165, 1.54) is 7.11 Å². The zero-order chi connectivity index (χ0) is 15.9. The van der Waals surface area contributed by atoms with Gasteiger partial charge in [0, 0.05) is 17.8 Å². The molecule has 2 aromatic carbocycles. The summed E-state index contributed by atoms with van der Waals surface area (Å²) in [7, 11) is 3.09. The number of methoxy groups -OCH3 is 2. The number of para-hydroxylation sites is 1. The van der Waals surface area contributed by atoms with Gasteiger partial charge in [-0.25, -0.2) is 0 Å². The fourth-order valence-electron chi connectivity index (χ4n) is 1.96. The van der Waals surface area contributed by atoms with E-state index in [0.29, 0.717) is 35.1 Å². The van der Waals surface area contributed by atoms with Crippen LogP contribution >= 0.6 is 0 Å². The molecular weight excluding hydrogens is 282 g/mol. The summed E-state index contributed by atoms with van der Waals surface area (Å²) < 4.78 is 15.8. The maximum absolute atomic E-state index is 10.0. The SMILES string of the molecule is CCOc1ccc(N=Cc2cccc(OC)c2O)cc1OC. The summed E-state index contributed by atoms with van der Waals surface area (Å²) >= 11 is 0. The fourth-order valence-corrected chi connectivity index (χ4v) is 1.96. The van der Waals surface area contributed by atoms with Crippen molar-refractivity contribution in [3.05, 3.63) is 42.0 Å². The topological polar surface area (TPSA) is 60.3 Å². The largest absolute Gasteiger partial charge is 0.504 e. The van der Waals surface area contributed by atoms with Crippen LogP contribution in [0.2, 0.25) is 0 Å². The Hall–Kier alpha value is -2.69. The Balaban J connectivity index is 2.27. The third kappa shape index (κ3) is 3.49. The van der Waals surface area contributed by atoms with Crippen molar-refractivity contribution in [2.45, 2.75) is 6.92 Å². The van der Waals surface area contributed by atoms with Gasteiger partial charge in [0.1, 0.15) is 0 Å². The minimum Gasteiger partial charge on any atom is -0.504 e. The average molecular weight is 301 g/mol. The predicted molar refractivity (Wildman–Crippen MR) is 86.1 cm³/mol. The van der Waals surface area contributed by atoms with E-state index in [1.54, 1.807) is 43.7 Å². The van der Waals surface area contributed by atoms with Crippen LogP contribution in [0.5, 0.6) is 23.0 Å². The lowest BCUT2D eigenvalue weighted by Gasteiger charge is -2.09. The van der Waals surface area contributed by atoms with Crippen LogP contribution < -0.4 is 14.2 Å². The van der Waals surface area contributed by atoms with Gasteiger partial charge < -0.3 is 19.3 Å². The van der Waals surface area contributed by atoms with Gasteiger partial charge in [-0.1, -0.05) is 6.07 Å². The quantitative estimate of drug-likeness (QED) is 0.829. The second-order valence-electron chi connectivity index (χ2n) is 4.42. The third-order valence-electron chi connectivity index (χ3n) is 3.05. The number of phenols is 1. The van der Waals surface area contributed by atoms with Gasteiger partial charge in [-0.05, 0) is 31.2 Å². The Morgan fingerprint density at radius 1 is 1.05 bits per heavy atom. The minimum atomic E-state index is 0.0617. The lowest BCUT2D eigenvalue weighted by molar-refractivity contribution is 0.311. The maximum atomic E-state index is 10.0. The monoisotopic (exact) mass is 301 g/mol. The van der Waals surface area contributed by atoms with E-state index >= 15 is 0 Å². The molecule has 0 aliphatic heterocycles. The number of nitrogens with zero attached hydrogens (tertiary/aromatic N) is 1. The van der Waals surface area contributed by atoms with Crippen molar-refractivity contribution >= 4 is 11.9 Å². The first kappa shape index (κ1) is 15.7. The molecule has 0 fully saturated rings. The van der Waals surface area contributed by atoms with Gasteiger partial charge in [0.15, 0.2) is 23.0 Å². The fraction of sp³-hybridized carbons (Fsp3) is 0.235. The van der Waals surface area contributed by atoms with E-state index in [4.69, 9.17) is 14.2 Å². The summed E-state index contributed by atoms with van der Waals surface area (Å²) in [5.74, 6) is 1.76. The summed E-state index contributed by atoms with van der Waals surface area (Å²) in [6.07, 6.45) is 1.58. The highest BCUT2D eigenvalue weighted by molar-refractivity contribution is 5.86. The van der Waals surface area contributed by atoms with Crippen molar-refractivity contribution in [2.75, 3.05) is 20.8 Å². The Morgan fingerprint density at radius 2 is 1.82 bits per heavy atom. The molecule has 0 aliphatic carbocycles. The summed E-state index contributed by atoms with van der Waals surface area (Å²) in [5.41, 5.74) is 1.27. The molecule has 5 heteroatoms. The summed E-state index contributed by atoms with van der Waals surface area (Å²) in [4.78, 5) is 4.35. The molecule has 0 heterocycles. The van der Waals surface area contributed by atoms with E-state index in [2.05, 4.69) is 4.99 Å². The first-order chi connectivity index (χ1) is 10.7. The van der Waals surface area contributed by atoms with Gasteiger partial charge in [0.25, 0.3) is 0 Å². The van der Waals surface area contributed by atoms with Gasteiger partial charge >= 0.3 is 0 Å². The van der Waals surface area contributed by atoms with Crippen molar-refractivity contribution in [3.8, 4) is 23.0 Å². The number of hydrogen-bond donors (Lipinski definition) is 1. The molecule has 2 aromatic rings. The summed E-state index contributed by atoms with van der Waals surface area (Å²) in [6.45, 7) is 2.48. The molecular formula is C17H19NO4. The van der Waals surface area contributed by atoms with Crippen molar-refractivity contribution < 1.29 is 19.3 Å². The maximum Gasteiger partial charge on any atom is 0.166 e. The second kappa shape index (κ2) is 7.36. The van der Waals surface area contributed by atoms with Crippen LogP contribution in [0.25, 0.3) is 0 Å². The molecule has 0 unspecified atom stereocenters. The van der Waals surface area contributed by atoms with Crippen LogP contribution in [0.15, 0.2) is 41.4 Å². The zero-order valence-electron chi connectivity index (χ0n) is 12.9. The van der Waals surface area contributed by atoms with Crippen LogP contribution in [0, 0.1) is 0 Å². The first-order valence-corrected chi connectivity index (χ1v) is 6.90. The van der Waals surface area contributed by atoms with Crippen molar-refractivity contribution in [2.24, 2.45) is 4.99 Å². The smallest absolute Gasteiger partial charge is 0.166 e. The highest BCUT2D eigenvalue weighted by Crippen LogP contribution is 2.32. The van der Waals surface area contributed by atoms with Crippen molar-refractivity contribution in [3.63, 3.8) is 0 Å². The number of aromatic hydroxyl groups is 1. The molecule has 116 valence electrons. The molecule has 0 saturated carbocycles. The van der Waals surface area contributed by atoms with Crippen LogP contribution in [0.1, 0.15) is 12.5 Å². The van der Waals surface area contributed by atoms with E-state index < -0.39 is 0 Å². The van der Waals surface area contributed by atoms with Crippen LogP contribution in [0.4, 0.5) is 5.69 Å². The average Bonchev–Trinajstić information content (AvgIpc) is 2.55. The Labute approximate surface area is 129 Å². The number of benzene rings is 2. The standard InChI is InChI=1S/C17H19NO4/c1-4-22-14-9-8-13(10-16(14)21-3)18-11-12-6-5-7-15(20-2)17(12)19/h5-11,19H,4H2,1-3H3. The van der Waals surface area contributed by atoms with E-state index in [0.717, 1.165) is 0 Å². The van der Waals surface area contributed by atoms with E-state index in [9.17, 15) is 5.11 Å². The number of aliphatic imine (C=N–C) groups is 1. The Bertz CT molecular complexity index is 668. The molecule has 22 heavy (non-hydrogen) atoms. The zero-order valence-corrected chi connectivity index (χ0v) is 12.9. The summed E-state index contributed by atoms with van der Waals surface area (Å²) in [6, 6.07) is 10.6. The number of ether oxygens (including phenoxy) is 3. The number of hydrogen-bond acceptors (Lipinski definition) is 5. The summed E-state index contributed by atoms with van der Waals surface area (Å²) in [5, 5.41) is 10.0. The molecule has 0 radical (unpaired) electrons. The molecule has 0 atom stereocenters. The molecule has 1 N–H and O–H groups in total. The van der Waals surface area contributed by atoms with Crippen molar-refractivity contribution in [1.82, 2.24) is 0 Å². The predicted octanol–water partition coefficient (Wildman–Crippen LogP) is 3.56. The second-order valence-corrected chi connectivity index (χ2v) is 4.42. The van der Waals surface area contributed by atoms with Crippen LogP contribution in [0.3, 0.4) is 0 Å². The normalized spacial score (nSPS) is 10.7. The molecule has 0 amide bonds. The molecule has 0 aliphatic rings. The van der Waals surface area contributed by atoms with Gasteiger partial charge in [0.2, 0.25) is 0 Å². The number of rotatable bonds is 6. The lowest BCUT2D eigenvalue weighted by atomic mass is 10.2. The van der Waals surface area contributed by atoms with Gasteiger partial charge in [-0.2, -0.15) is 0 Å². The van der Waals surface area contributed by atoms with E-state index in [1.807, 2.05) is 13.0 Å². The van der Waals surface area contributed by atoms with Gasteiger partial charge in [0.05, 0.1) is 26.5 Å². The highest BCUT2D eigenvalue weighted by Gasteiger charge is 2.06. The Kier molecular flexibility index (Phi) is 5.25.